The number of rotatable bonds is 6. The second kappa shape index (κ2) is 5.44. The highest BCUT2D eigenvalue weighted by molar-refractivity contribution is 5.18. The first kappa shape index (κ1) is 20.8. The van der Waals surface area contributed by atoms with Crippen molar-refractivity contribution in [2.45, 2.75) is 29.6 Å². The lowest BCUT2D eigenvalue weighted by atomic mass is 9.94. The van der Waals surface area contributed by atoms with E-state index in [4.69, 9.17) is 0 Å². The van der Waals surface area contributed by atoms with Gasteiger partial charge in [0.2, 0.25) is 5.83 Å². The molecule has 0 heterocycles. The van der Waals surface area contributed by atoms with Gasteiger partial charge in [0.15, 0.2) is 6.67 Å². The smallest absolute Gasteiger partial charge is 0.244 e. The molecule has 0 rings (SSSR count). The lowest BCUT2D eigenvalue weighted by Crippen LogP contribution is -2.67. The Morgan fingerprint density at radius 1 is 0.591 bits per heavy atom. The summed E-state index contributed by atoms with van der Waals surface area (Å²) in [6, 6.07) is 0. The van der Waals surface area contributed by atoms with Gasteiger partial charge < -0.3 is 0 Å². The zero-order valence-electron chi connectivity index (χ0n) is 9.50. The largest absolute Gasteiger partial charge is 0.385 e. The van der Waals surface area contributed by atoms with Crippen molar-refractivity contribution in [1.82, 2.24) is 0 Å². The van der Waals surface area contributed by atoms with E-state index in [-0.39, 0.29) is 0 Å². The van der Waals surface area contributed by atoms with Gasteiger partial charge in [0.1, 0.15) is 0 Å². The third kappa shape index (κ3) is 2.59. The van der Waals surface area contributed by atoms with Gasteiger partial charge in [-0.1, -0.05) is 0 Å². The molecule has 14 heteroatoms. The van der Waals surface area contributed by atoms with Crippen molar-refractivity contribution < 1.29 is 61.5 Å². The summed E-state index contributed by atoms with van der Waals surface area (Å²) < 4.78 is 172. The molecule has 0 aromatic carbocycles. The average Bonchev–Trinajstić information content (AvgIpc) is 2.36. The van der Waals surface area contributed by atoms with E-state index >= 15 is 0 Å². The normalized spacial score (nSPS) is 15.0. The van der Waals surface area contributed by atoms with E-state index in [9.17, 15) is 61.5 Å². The Kier molecular flexibility index (Phi) is 5.13. The van der Waals surface area contributed by atoms with E-state index in [0.717, 1.165) is 0 Å². The molecular weight excluding hydrogens is 362 g/mol. The SMILES string of the molecule is FCC(F)(F)C(F)(F)C(F)(F)C(F)(F)C(F)(F)C(F)=C(F)F. The zero-order valence-corrected chi connectivity index (χ0v) is 9.50. The molecule has 0 aromatic heterocycles. The third-order valence-electron chi connectivity index (χ3n) is 2.25. The van der Waals surface area contributed by atoms with Crippen LogP contribution in [0, 0.1) is 0 Å². The molecule has 0 nitrogen and oxygen atoms in total. The topological polar surface area (TPSA) is 0 Å². The lowest BCUT2D eigenvalue weighted by Gasteiger charge is -2.38. The second-order valence-corrected chi connectivity index (χ2v) is 3.71. The summed E-state index contributed by atoms with van der Waals surface area (Å²) in [4.78, 5) is 0. The van der Waals surface area contributed by atoms with E-state index in [1.54, 1.807) is 0 Å². The van der Waals surface area contributed by atoms with Crippen molar-refractivity contribution in [1.29, 1.82) is 0 Å². The molecule has 0 bridgehead atoms. The molecule has 0 amide bonds. The van der Waals surface area contributed by atoms with Gasteiger partial charge in [0.25, 0.3) is 0 Å². The zero-order chi connectivity index (χ0) is 18.4. The number of halogens is 14. The minimum absolute atomic E-state index is 3.67. The first-order valence-electron chi connectivity index (χ1n) is 4.58. The van der Waals surface area contributed by atoms with Crippen molar-refractivity contribution in [3.05, 3.63) is 11.9 Å². The number of alkyl halides is 11. The molecule has 0 saturated heterocycles. The second-order valence-electron chi connectivity index (χ2n) is 3.71. The highest BCUT2D eigenvalue weighted by atomic mass is 19.4. The molecule has 0 aliphatic heterocycles. The molecule has 22 heavy (non-hydrogen) atoms. The van der Waals surface area contributed by atoms with Crippen molar-refractivity contribution in [2.24, 2.45) is 0 Å². The van der Waals surface area contributed by atoms with Crippen molar-refractivity contribution >= 4 is 0 Å². The van der Waals surface area contributed by atoms with Crippen LogP contribution in [0.5, 0.6) is 0 Å². The summed E-state index contributed by atoms with van der Waals surface area (Å²) in [5.74, 6) is -41.3. The molecule has 0 radical (unpaired) electrons. The highest BCUT2D eigenvalue weighted by Crippen LogP contribution is 2.58. The molecule has 0 unspecified atom stereocenters. The molecule has 0 aliphatic carbocycles. The summed E-state index contributed by atoms with van der Waals surface area (Å²) in [5, 5.41) is 0. The first-order chi connectivity index (χ1) is 9.41. The standard InChI is InChI=1S/C8H2F14/c9-1-4(13,14)6(17,18)8(21,22)7(19,20)5(15,16)2(10)3(11)12/h1H2. The van der Waals surface area contributed by atoms with Crippen LogP contribution in [0.2, 0.25) is 0 Å². The van der Waals surface area contributed by atoms with E-state index < -0.39 is 48.2 Å². The molecule has 0 atom stereocenters. The molecular formula is C8H2F14. The fraction of sp³-hybridized carbons (Fsp3) is 0.750. The summed E-state index contributed by atoms with van der Waals surface area (Å²) in [5.41, 5.74) is 0. The molecule has 0 spiro atoms. The maximum absolute atomic E-state index is 12.7. The maximum atomic E-state index is 12.7. The van der Waals surface area contributed by atoms with E-state index in [0.29, 0.717) is 0 Å². The van der Waals surface area contributed by atoms with Gasteiger partial charge >= 0.3 is 35.7 Å². The van der Waals surface area contributed by atoms with E-state index in [1.165, 1.54) is 0 Å². The monoisotopic (exact) mass is 364 g/mol. The minimum atomic E-state index is -7.79. The van der Waals surface area contributed by atoms with Gasteiger partial charge in [-0.05, 0) is 0 Å². The number of allylic oxidation sites excluding steroid dienone is 1. The maximum Gasteiger partial charge on any atom is 0.385 e. The van der Waals surface area contributed by atoms with E-state index in [1.807, 2.05) is 0 Å². The van der Waals surface area contributed by atoms with Gasteiger partial charge in [-0.2, -0.15) is 57.1 Å². The average molecular weight is 364 g/mol. The van der Waals surface area contributed by atoms with Crippen LogP contribution >= 0.6 is 0 Å². The number of hydrogen-bond acceptors (Lipinski definition) is 0. The van der Waals surface area contributed by atoms with E-state index in [2.05, 4.69) is 0 Å². The fourth-order valence-electron chi connectivity index (χ4n) is 0.964. The molecule has 0 aromatic rings. The summed E-state index contributed by atoms with van der Waals surface area (Å²) in [6.45, 7) is -3.67. The number of hydrogen-bond donors (Lipinski definition) is 0. The van der Waals surface area contributed by atoms with Crippen LogP contribution in [0.15, 0.2) is 11.9 Å². The Morgan fingerprint density at radius 3 is 1.23 bits per heavy atom. The van der Waals surface area contributed by atoms with Crippen molar-refractivity contribution in [2.75, 3.05) is 6.67 Å². The van der Waals surface area contributed by atoms with Gasteiger partial charge in [0, 0.05) is 0 Å². The predicted molar refractivity (Wildman–Crippen MR) is 41.1 cm³/mol. The Labute approximate surface area is 111 Å². The summed E-state index contributed by atoms with van der Waals surface area (Å²) in [6.07, 6.45) is -4.28. The molecule has 132 valence electrons. The van der Waals surface area contributed by atoms with Crippen LogP contribution in [-0.2, 0) is 0 Å². The third-order valence-corrected chi connectivity index (χ3v) is 2.25. The minimum Gasteiger partial charge on any atom is -0.244 e. The van der Waals surface area contributed by atoms with Crippen molar-refractivity contribution in [3.63, 3.8) is 0 Å². The predicted octanol–water partition coefficient (Wildman–Crippen LogP) is 5.21. The first-order valence-corrected chi connectivity index (χ1v) is 4.58. The van der Waals surface area contributed by atoms with Crippen LogP contribution < -0.4 is 0 Å². The Bertz CT molecular complexity index is 442. The molecule has 0 fully saturated rings. The van der Waals surface area contributed by atoms with Crippen LogP contribution in [0.1, 0.15) is 0 Å². The molecule has 0 aliphatic rings. The highest BCUT2D eigenvalue weighted by Gasteiger charge is 2.87. The molecule has 0 saturated carbocycles. The lowest BCUT2D eigenvalue weighted by molar-refractivity contribution is -0.398. The van der Waals surface area contributed by atoms with Crippen LogP contribution in [0.3, 0.4) is 0 Å². The summed E-state index contributed by atoms with van der Waals surface area (Å²) in [7, 11) is 0. The quantitative estimate of drug-likeness (QED) is 0.568. The van der Waals surface area contributed by atoms with Crippen molar-refractivity contribution in [3.8, 4) is 0 Å². The molecule has 0 N–H and O–H groups in total. The van der Waals surface area contributed by atoms with Gasteiger partial charge in [-0.15, -0.1) is 0 Å². The Balaban J connectivity index is 6.25. The van der Waals surface area contributed by atoms with Crippen LogP contribution in [0.4, 0.5) is 61.5 Å². The summed E-state index contributed by atoms with van der Waals surface area (Å²) >= 11 is 0. The fourth-order valence-corrected chi connectivity index (χ4v) is 0.964. The van der Waals surface area contributed by atoms with Gasteiger partial charge in [-0.3, -0.25) is 0 Å². The Morgan fingerprint density at radius 2 is 0.955 bits per heavy atom. The van der Waals surface area contributed by atoms with Gasteiger partial charge in [-0.25, -0.2) is 4.39 Å². The van der Waals surface area contributed by atoms with Crippen LogP contribution in [-0.4, -0.2) is 36.3 Å². The van der Waals surface area contributed by atoms with Crippen LogP contribution in [0.25, 0.3) is 0 Å². The van der Waals surface area contributed by atoms with Gasteiger partial charge in [0.05, 0.1) is 0 Å². The Hall–Kier alpha value is -1.24.